The van der Waals surface area contributed by atoms with Crippen molar-refractivity contribution in [2.45, 2.75) is 18.4 Å². The fourth-order valence-electron chi connectivity index (χ4n) is 5.35. The van der Waals surface area contributed by atoms with Crippen LogP contribution in [-0.2, 0) is 9.59 Å². The highest BCUT2D eigenvalue weighted by Gasteiger charge is 2.42. The first kappa shape index (κ1) is 26.9. The van der Waals surface area contributed by atoms with Crippen LogP contribution < -0.4 is 5.32 Å². The second-order valence-corrected chi connectivity index (χ2v) is 10.3. The number of amides is 2. The van der Waals surface area contributed by atoms with E-state index >= 15 is 0 Å². The number of aromatic amines is 1. The summed E-state index contributed by atoms with van der Waals surface area (Å²) in [7, 11) is 0. The summed E-state index contributed by atoms with van der Waals surface area (Å²) in [6.45, 7) is 0.384. The summed E-state index contributed by atoms with van der Waals surface area (Å²) < 4.78 is 1.47. The molecule has 12 heteroatoms. The van der Waals surface area contributed by atoms with Gasteiger partial charge in [0.05, 0.1) is 5.69 Å². The van der Waals surface area contributed by atoms with Crippen LogP contribution in [0.2, 0.25) is 5.02 Å². The van der Waals surface area contributed by atoms with Gasteiger partial charge in [-0.05, 0) is 71.0 Å². The van der Waals surface area contributed by atoms with Crippen molar-refractivity contribution in [2.24, 2.45) is 0 Å². The molecule has 0 unspecified atom stereocenters. The Morgan fingerprint density at radius 3 is 2.64 bits per heavy atom. The van der Waals surface area contributed by atoms with Crippen LogP contribution in [0.5, 0.6) is 0 Å². The van der Waals surface area contributed by atoms with Gasteiger partial charge in [0.2, 0.25) is 11.8 Å². The lowest BCUT2D eigenvalue weighted by atomic mass is 9.91. The zero-order valence-corrected chi connectivity index (χ0v) is 22.8. The van der Waals surface area contributed by atoms with Crippen LogP contribution in [0.4, 0.5) is 5.69 Å². The topological polar surface area (TPSA) is 146 Å². The lowest BCUT2D eigenvalue weighted by Crippen LogP contribution is -2.44. The third-order valence-corrected chi connectivity index (χ3v) is 7.52. The Kier molecular flexibility index (Phi) is 7.24. The first-order valence-corrected chi connectivity index (χ1v) is 13.5. The standard InChI is InChI=1S/C30H24ClN7O4/c31-21-7-10-26(38-17-32-35-36-38)19(14-21)6-11-27(39)37-13-12-23(18-4-2-1-3-5-18)28(37)29(40)33-22-8-9-24-20(15-22)16-25(34-24)30(41)42/h1-11,14-17,23,28,34H,12-13H2,(H,33,40)(H,41,42)/b11-6+/t23-,28+/m1/s1. The number of aromatic nitrogens is 5. The smallest absolute Gasteiger partial charge is 0.352 e. The summed E-state index contributed by atoms with van der Waals surface area (Å²) in [6.07, 6.45) is 5.11. The Morgan fingerprint density at radius 1 is 1.05 bits per heavy atom. The number of carbonyl (C=O) groups is 3. The number of rotatable bonds is 7. The van der Waals surface area contributed by atoms with Gasteiger partial charge in [-0.25, -0.2) is 4.79 Å². The molecule has 2 amide bonds. The summed E-state index contributed by atoms with van der Waals surface area (Å²) in [4.78, 5) is 43.2. The summed E-state index contributed by atoms with van der Waals surface area (Å²) >= 11 is 6.23. The maximum absolute atomic E-state index is 13.8. The SMILES string of the molecule is O=C(O)c1cc2cc(NC(=O)[C@@H]3[C@@H](c4ccccc4)CCN3C(=O)/C=C/c3cc(Cl)ccc3-n3cnnn3)ccc2[nH]1. The van der Waals surface area contributed by atoms with Crippen LogP contribution in [0.3, 0.4) is 0 Å². The Balaban J connectivity index is 1.29. The first-order chi connectivity index (χ1) is 20.4. The van der Waals surface area contributed by atoms with E-state index in [0.717, 1.165) is 5.56 Å². The lowest BCUT2D eigenvalue weighted by Gasteiger charge is -2.27. The van der Waals surface area contributed by atoms with Crippen molar-refractivity contribution in [2.75, 3.05) is 11.9 Å². The Labute approximate surface area is 244 Å². The molecule has 1 aliphatic heterocycles. The Bertz CT molecular complexity index is 1820. The van der Waals surface area contributed by atoms with Gasteiger partial charge >= 0.3 is 5.97 Å². The van der Waals surface area contributed by atoms with Crippen molar-refractivity contribution in [1.29, 1.82) is 0 Å². The van der Waals surface area contributed by atoms with Gasteiger partial charge in [-0.3, -0.25) is 9.59 Å². The molecule has 3 heterocycles. The third kappa shape index (κ3) is 5.37. The zero-order chi connectivity index (χ0) is 29.2. The normalized spacial score (nSPS) is 16.7. The monoisotopic (exact) mass is 581 g/mol. The molecule has 0 aliphatic carbocycles. The number of carboxylic acids is 1. The molecule has 1 aliphatic rings. The fraction of sp³-hybridized carbons (Fsp3) is 0.133. The zero-order valence-electron chi connectivity index (χ0n) is 22.0. The molecule has 2 atom stereocenters. The van der Waals surface area contributed by atoms with Crippen LogP contribution in [0, 0.1) is 0 Å². The molecule has 0 spiro atoms. The number of hydrogen-bond acceptors (Lipinski definition) is 6. The number of hydrogen-bond donors (Lipinski definition) is 3. The molecular weight excluding hydrogens is 558 g/mol. The second-order valence-electron chi connectivity index (χ2n) is 9.85. The van der Waals surface area contributed by atoms with Crippen LogP contribution in [-0.4, -0.2) is 65.6 Å². The van der Waals surface area contributed by atoms with Crippen LogP contribution in [0.1, 0.15) is 34.0 Å². The number of tetrazole rings is 1. The van der Waals surface area contributed by atoms with Gasteiger partial charge in [0, 0.05) is 45.7 Å². The highest BCUT2D eigenvalue weighted by molar-refractivity contribution is 6.30. The van der Waals surface area contributed by atoms with E-state index < -0.39 is 12.0 Å². The predicted molar refractivity (Wildman–Crippen MR) is 156 cm³/mol. The molecule has 2 aromatic heterocycles. The number of anilines is 1. The second kappa shape index (κ2) is 11.3. The van der Waals surface area contributed by atoms with E-state index in [-0.39, 0.29) is 23.4 Å². The molecular formula is C30H24ClN7O4. The minimum atomic E-state index is -1.07. The van der Waals surface area contributed by atoms with Crippen molar-refractivity contribution in [3.05, 3.63) is 107 Å². The maximum Gasteiger partial charge on any atom is 0.352 e. The van der Waals surface area contributed by atoms with Gasteiger partial charge in [-0.15, -0.1) is 5.10 Å². The molecule has 42 heavy (non-hydrogen) atoms. The van der Waals surface area contributed by atoms with Gasteiger partial charge in [0.15, 0.2) is 0 Å². The predicted octanol–water partition coefficient (Wildman–Crippen LogP) is 4.53. The summed E-state index contributed by atoms with van der Waals surface area (Å²) in [5.74, 6) is -1.96. The van der Waals surface area contributed by atoms with Gasteiger partial charge in [0.25, 0.3) is 0 Å². The van der Waals surface area contributed by atoms with Crippen LogP contribution >= 0.6 is 11.6 Å². The van der Waals surface area contributed by atoms with Gasteiger partial charge in [-0.1, -0.05) is 41.9 Å². The lowest BCUT2D eigenvalue weighted by molar-refractivity contribution is -0.133. The van der Waals surface area contributed by atoms with Crippen molar-refractivity contribution < 1.29 is 19.5 Å². The Morgan fingerprint density at radius 2 is 1.88 bits per heavy atom. The fourth-order valence-corrected chi connectivity index (χ4v) is 5.53. The molecule has 5 aromatic rings. The molecule has 210 valence electrons. The highest BCUT2D eigenvalue weighted by atomic mass is 35.5. The van der Waals surface area contributed by atoms with Crippen molar-refractivity contribution >= 4 is 52.1 Å². The van der Waals surface area contributed by atoms with E-state index in [4.69, 9.17) is 11.6 Å². The van der Waals surface area contributed by atoms with Gasteiger partial charge in [0.1, 0.15) is 18.1 Å². The van der Waals surface area contributed by atoms with Gasteiger partial charge < -0.3 is 20.3 Å². The Hall–Kier alpha value is -5.29. The van der Waals surface area contributed by atoms with Crippen molar-refractivity contribution in [1.82, 2.24) is 30.1 Å². The number of nitrogens with zero attached hydrogens (tertiary/aromatic N) is 5. The number of H-pyrrole nitrogens is 1. The van der Waals surface area contributed by atoms with Crippen LogP contribution in [0.15, 0.2) is 85.2 Å². The molecule has 3 N–H and O–H groups in total. The van der Waals surface area contributed by atoms with E-state index in [1.54, 1.807) is 47.4 Å². The number of nitrogens with one attached hydrogen (secondary N) is 2. The van der Waals surface area contributed by atoms with E-state index in [1.807, 2.05) is 30.3 Å². The summed E-state index contributed by atoms with van der Waals surface area (Å²) in [5.41, 5.74) is 3.41. The van der Waals surface area contributed by atoms with Crippen LogP contribution in [0.25, 0.3) is 22.7 Å². The molecule has 6 rings (SSSR count). The molecule has 0 saturated carbocycles. The minimum Gasteiger partial charge on any atom is -0.477 e. The number of carboxylic acid groups (broad SMARTS) is 1. The third-order valence-electron chi connectivity index (χ3n) is 7.29. The number of benzene rings is 3. The van der Waals surface area contributed by atoms with E-state index in [1.165, 1.54) is 23.2 Å². The summed E-state index contributed by atoms with van der Waals surface area (Å²) in [6, 6.07) is 20.6. The molecule has 3 aromatic carbocycles. The van der Waals surface area contributed by atoms with E-state index in [0.29, 0.717) is 45.8 Å². The average Bonchev–Trinajstić information content (AvgIpc) is 3.76. The van der Waals surface area contributed by atoms with E-state index in [9.17, 15) is 19.5 Å². The van der Waals surface area contributed by atoms with Gasteiger partial charge in [-0.2, -0.15) is 4.68 Å². The average molecular weight is 582 g/mol. The number of likely N-dealkylation sites (tertiary alicyclic amines) is 1. The maximum atomic E-state index is 13.8. The molecule has 1 saturated heterocycles. The van der Waals surface area contributed by atoms with Crippen molar-refractivity contribution in [3.8, 4) is 5.69 Å². The number of carbonyl (C=O) groups excluding carboxylic acids is 2. The minimum absolute atomic E-state index is 0.0555. The number of fused-ring (bicyclic) bond motifs is 1. The highest BCUT2D eigenvalue weighted by Crippen LogP contribution is 2.35. The molecule has 0 bridgehead atoms. The van der Waals surface area contributed by atoms with Crippen molar-refractivity contribution in [3.63, 3.8) is 0 Å². The van der Waals surface area contributed by atoms with E-state index in [2.05, 4.69) is 25.8 Å². The molecule has 11 nitrogen and oxygen atoms in total. The molecule has 1 fully saturated rings. The largest absolute Gasteiger partial charge is 0.477 e. The molecule has 0 radical (unpaired) electrons. The first-order valence-electron chi connectivity index (χ1n) is 13.1. The summed E-state index contributed by atoms with van der Waals surface area (Å²) in [5, 5.41) is 24.6. The quantitative estimate of drug-likeness (QED) is 0.239. The number of halogens is 1. The number of aromatic carboxylic acids is 1.